The summed E-state index contributed by atoms with van der Waals surface area (Å²) in [7, 11) is 0. The third-order valence-electron chi connectivity index (χ3n) is 4.99. The van der Waals surface area contributed by atoms with Crippen molar-refractivity contribution in [2.24, 2.45) is 11.8 Å². The molecule has 1 saturated heterocycles. The Hall–Kier alpha value is -2.30. The number of carbonyl (C=O) groups excluding carboxylic acids is 4. The molecule has 1 aliphatic heterocycles. The maximum Gasteiger partial charge on any atom is 0.317 e. The van der Waals surface area contributed by atoms with Crippen LogP contribution in [-0.4, -0.2) is 23.5 Å². The first-order valence-corrected chi connectivity index (χ1v) is 7.74. The van der Waals surface area contributed by atoms with Gasteiger partial charge in [0.2, 0.25) is 0 Å². The Morgan fingerprint density at radius 2 is 1.65 bits per heavy atom. The van der Waals surface area contributed by atoms with Crippen LogP contribution in [0.1, 0.15) is 49.7 Å². The fourth-order valence-electron chi connectivity index (χ4n) is 3.97. The third-order valence-corrected chi connectivity index (χ3v) is 4.99. The molecule has 0 aromatic heterocycles. The van der Waals surface area contributed by atoms with Crippen LogP contribution >= 0.6 is 0 Å². The van der Waals surface area contributed by atoms with Crippen molar-refractivity contribution in [3.05, 3.63) is 35.4 Å². The van der Waals surface area contributed by atoms with Crippen LogP contribution in [0.3, 0.4) is 0 Å². The van der Waals surface area contributed by atoms with Gasteiger partial charge in [0.05, 0.1) is 18.3 Å². The number of Topliss-reactive ketones (excluding diaryl/α,β-unsaturated/α-hetero) is 2. The van der Waals surface area contributed by atoms with Gasteiger partial charge < -0.3 is 4.74 Å². The topological polar surface area (TPSA) is 77.5 Å². The molecule has 1 aliphatic carbocycles. The summed E-state index contributed by atoms with van der Waals surface area (Å²) in [6, 6.07) is 7.39. The Bertz CT molecular complexity index is 705. The van der Waals surface area contributed by atoms with Gasteiger partial charge in [-0.1, -0.05) is 24.3 Å². The molecule has 5 heteroatoms. The lowest BCUT2D eigenvalue weighted by Crippen LogP contribution is -2.35. The van der Waals surface area contributed by atoms with Gasteiger partial charge in [0.25, 0.3) is 0 Å². The van der Waals surface area contributed by atoms with Crippen molar-refractivity contribution in [2.75, 3.05) is 0 Å². The average Bonchev–Trinajstić information content (AvgIpc) is 2.83. The molecule has 0 unspecified atom stereocenters. The quantitative estimate of drug-likeness (QED) is 0.631. The van der Waals surface area contributed by atoms with Crippen molar-refractivity contribution >= 4 is 23.5 Å². The van der Waals surface area contributed by atoms with Crippen molar-refractivity contribution in [2.45, 2.75) is 38.5 Å². The Labute approximate surface area is 134 Å². The molecule has 0 amide bonds. The van der Waals surface area contributed by atoms with Crippen LogP contribution in [0.4, 0.5) is 0 Å². The predicted octanol–water partition coefficient (Wildman–Crippen LogP) is 2.14. The van der Waals surface area contributed by atoms with Crippen LogP contribution in [0.5, 0.6) is 0 Å². The Morgan fingerprint density at radius 3 is 2.17 bits per heavy atom. The zero-order valence-corrected chi connectivity index (χ0v) is 13.1. The van der Waals surface area contributed by atoms with E-state index in [1.54, 1.807) is 0 Å². The molecule has 1 aromatic rings. The highest BCUT2D eigenvalue weighted by Crippen LogP contribution is 2.48. The molecule has 3 rings (SSSR count). The number of cyclic esters (lactones) is 2. The van der Waals surface area contributed by atoms with E-state index in [9.17, 15) is 19.2 Å². The summed E-state index contributed by atoms with van der Waals surface area (Å²) in [5.41, 5.74) is 1.67. The van der Waals surface area contributed by atoms with Crippen LogP contribution in [0.15, 0.2) is 24.3 Å². The first kappa shape index (κ1) is 15.6. The fraction of sp³-hybridized carbons (Fsp3) is 0.444. The van der Waals surface area contributed by atoms with E-state index in [0.717, 1.165) is 11.1 Å². The molecule has 0 saturated carbocycles. The van der Waals surface area contributed by atoms with Gasteiger partial charge in [-0.2, -0.15) is 0 Å². The van der Waals surface area contributed by atoms with Crippen molar-refractivity contribution in [3.63, 3.8) is 0 Å². The van der Waals surface area contributed by atoms with Crippen LogP contribution in [0, 0.1) is 11.8 Å². The first-order chi connectivity index (χ1) is 10.9. The number of hydrogen-bond donors (Lipinski definition) is 0. The van der Waals surface area contributed by atoms with Gasteiger partial charge in [-0.3, -0.25) is 19.2 Å². The van der Waals surface area contributed by atoms with Crippen molar-refractivity contribution < 1.29 is 23.9 Å². The third kappa shape index (κ3) is 2.60. The summed E-state index contributed by atoms with van der Waals surface area (Å²) in [5.74, 6) is -2.95. The largest absolute Gasteiger partial charge is 0.393 e. The second kappa shape index (κ2) is 5.72. The SMILES string of the molecule is CC(=O)[C@@H]1C[C@H]([C@@H]2CC(=O)OC2=O)c2ccccc2[C@@H]1C(C)=O. The zero-order valence-electron chi connectivity index (χ0n) is 13.1. The molecule has 23 heavy (non-hydrogen) atoms. The van der Waals surface area contributed by atoms with Crippen molar-refractivity contribution in [1.29, 1.82) is 0 Å². The molecule has 2 aliphatic rings. The Morgan fingerprint density at radius 1 is 1.00 bits per heavy atom. The van der Waals surface area contributed by atoms with Gasteiger partial charge in [-0.25, -0.2) is 0 Å². The minimum Gasteiger partial charge on any atom is -0.393 e. The zero-order chi connectivity index (χ0) is 16.7. The summed E-state index contributed by atoms with van der Waals surface area (Å²) in [6.45, 7) is 2.97. The van der Waals surface area contributed by atoms with E-state index in [-0.39, 0.29) is 23.9 Å². The number of ether oxygens (including phenoxy) is 1. The van der Waals surface area contributed by atoms with Crippen LogP contribution in [-0.2, 0) is 23.9 Å². The number of benzene rings is 1. The van der Waals surface area contributed by atoms with E-state index >= 15 is 0 Å². The Balaban J connectivity index is 2.09. The summed E-state index contributed by atoms with van der Waals surface area (Å²) in [5, 5.41) is 0. The van der Waals surface area contributed by atoms with Gasteiger partial charge in [0.15, 0.2) is 0 Å². The number of fused-ring (bicyclic) bond motifs is 1. The van der Waals surface area contributed by atoms with Gasteiger partial charge >= 0.3 is 11.9 Å². The molecule has 1 heterocycles. The summed E-state index contributed by atoms with van der Waals surface area (Å²) in [6.07, 6.45) is 0.427. The smallest absolute Gasteiger partial charge is 0.317 e. The number of ketones is 2. The van der Waals surface area contributed by atoms with Gasteiger partial charge in [-0.05, 0) is 37.3 Å². The maximum absolute atomic E-state index is 12.1. The molecule has 1 fully saturated rings. The molecule has 4 atom stereocenters. The molecule has 0 N–H and O–H groups in total. The molecule has 0 spiro atoms. The molecular weight excluding hydrogens is 296 g/mol. The number of carbonyl (C=O) groups is 4. The molecule has 0 radical (unpaired) electrons. The highest BCUT2D eigenvalue weighted by Gasteiger charge is 2.47. The fourth-order valence-corrected chi connectivity index (χ4v) is 3.97. The van der Waals surface area contributed by atoms with E-state index in [1.165, 1.54) is 13.8 Å². The maximum atomic E-state index is 12.1. The lowest BCUT2D eigenvalue weighted by atomic mass is 9.64. The van der Waals surface area contributed by atoms with Gasteiger partial charge in [-0.15, -0.1) is 0 Å². The van der Waals surface area contributed by atoms with Gasteiger partial charge in [0.1, 0.15) is 11.6 Å². The standard InChI is InChI=1S/C18H18O5/c1-9(19)13-7-14(15-8-16(21)23-18(15)22)11-5-3-4-6-12(11)17(13)10(2)20/h3-6,13-15,17H,7-8H2,1-2H3/t13-,14-,15-,17-/m0/s1. The van der Waals surface area contributed by atoms with Crippen LogP contribution in [0.2, 0.25) is 0 Å². The van der Waals surface area contributed by atoms with Crippen LogP contribution in [0.25, 0.3) is 0 Å². The summed E-state index contributed by atoms with van der Waals surface area (Å²) in [4.78, 5) is 47.7. The monoisotopic (exact) mass is 314 g/mol. The van der Waals surface area contributed by atoms with E-state index < -0.39 is 29.7 Å². The summed E-state index contributed by atoms with van der Waals surface area (Å²) < 4.78 is 4.68. The first-order valence-electron chi connectivity index (χ1n) is 7.74. The van der Waals surface area contributed by atoms with E-state index in [0.29, 0.717) is 6.42 Å². The number of esters is 2. The second-order valence-electron chi connectivity index (χ2n) is 6.38. The average molecular weight is 314 g/mol. The minimum absolute atomic E-state index is 0.0349. The van der Waals surface area contributed by atoms with E-state index in [4.69, 9.17) is 0 Å². The predicted molar refractivity (Wildman–Crippen MR) is 80.6 cm³/mol. The lowest BCUT2D eigenvalue weighted by molar-refractivity contribution is -0.153. The number of rotatable bonds is 3. The molecule has 0 bridgehead atoms. The Kier molecular flexibility index (Phi) is 3.88. The minimum atomic E-state index is -0.571. The summed E-state index contributed by atoms with van der Waals surface area (Å²) >= 11 is 0. The van der Waals surface area contributed by atoms with E-state index in [1.807, 2.05) is 24.3 Å². The van der Waals surface area contributed by atoms with Crippen LogP contribution < -0.4 is 0 Å². The van der Waals surface area contributed by atoms with Crippen molar-refractivity contribution in [3.8, 4) is 0 Å². The lowest BCUT2D eigenvalue weighted by Gasteiger charge is -2.37. The molecule has 5 nitrogen and oxygen atoms in total. The molecule has 120 valence electrons. The number of hydrogen-bond acceptors (Lipinski definition) is 5. The molecular formula is C18H18O5. The molecule has 1 aromatic carbocycles. The normalized spacial score (nSPS) is 29.8. The highest BCUT2D eigenvalue weighted by atomic mass is 16.6. The highest BCUT2D eigenvalue weighted by molar-refractivity contribution is 5.96. The van der Waals surface area contributed by atoms with E-state index in [2.05, 4.69) is 4.74 Å². The van der Waals surface area contributed by atoms with Gasteiger partial charge in [0, 0.05) is 5.92 Å². The second-order valence-corrected chi connectivity index (χ2v) is 6.38. The van der Waals surface area contributed by atoms with Crippen molar-refractivity contribution in [1.82, 2.24) is 0 Å².